The lowest BCUT2D eigenvalue weighted by molar-refractivity contribution is -0.121. The van der Waals surface area contributed by atoms with Gasteiger partial charge in [-0.3, -0.25) is 4.79 Å². The molecule has 0 aliphatic heterocycles. The van der Waals surface area contributed by atoms with Crippen LogP contribution in [0.5, 0.6) is 0 Å². The van der Waals surface area contributed by atoms with Crippen molar-refractivity contribution < 1.29 is 9.32 Å². The van der Waals surface area contributed by atoms with Crippen LogP contribution >= 0.6 is 15.9 Å². The van der Waals surface area contributed by atoms with Gasteiger partial charge in [-0.05, 0) is 24.6 Å². The molecule has 5 heteroatoms. The Morgan fingerprint density at radius 3 is 2.79 bits per heavy atom. The highest BCUT2D eigenvalue weighted by Crippen LogP contribution is 2.27. The number of hydrogen-bond donors (Lipinski definition) is 0. The van der Waals surface area contributed by atoms with Gasteiger partial charge in [-0.2, -0.15) is 4.98 Å². The van der Waals surface area contributed by atoms with E-state index < -0.39 is 0 Å². The second kappa shape index (κ2) is 5.65. The molecule has 0 atom stereocenters. The molecule has 0 amide bonds. The van der Waals surface area contributed by atoms with E-state index in [4.69, 9.17) is 4.52 Å². The molecule has 0 saturated heterocycles. The topological polar surface area (TPSA) is 56.0 Å². The molecule has 0 spiro atoms. The number of rotatable bonds is 4. The summed E-state index contributed by atoms with van der Waals surface area (Å²) in [7, 11) is 0. The molecule has 2 rings (SSSR count). The van der Waals surface area contributed by atoms with Gasteiger partial charge in [0, 0.05) is 16.0 Å². The Morgan fingerprint density at radius 1 is 1.42 bits per heavy atom. The molecule has 4 nitrogen and oxygen atoms in total. The van der Waals surface area contributed by atoms with Crippen LogP contribution in [0.2, 0.25) is 0 Å². The van der Waals surface area contributed by atoms with E-state index in [9.17, 15) is 4.79 Å². The van der Waals surface area contributed by atoms with Gasteiger partial charge in [-0.15, -0.1) is 0 Å². The lowest BCUT2D eigenvalue weighted by Gasteiger charge is -2.00. The number of aryl methyl sites for hydroxylation is 1. The van der Waals surface area contributed by atoms with Crippen molar-refractivity contribution in [3.05, 3.63) is 34.1 Å². The molecule has 0 aliphatic carbocycles. The van der Waals surface area contributed by atoms with Crippen molar-refractivity contribution in [2.45, 2.75) is 27.2 Å². The summed E-state index contributed by atoms with van der Waals surface area (Å²) in [5, 5.41) is 3.92. The molecule has 19 heavy (non-hydrogen) atoms. The third-order valence-electron chi connectivity index (χ3n) is 2.80. The quantitative estimate of drug-likeness (QED) is 0.863. The van der Waals surface area contributed by atoms with Gasteiger partial charge in [0.15, 0.2) is 0 Å². The molecular formula is C14H15BrN2O2. The Balaban J connectivity index is 2.23. The van der Waals surface area contributed by atoms with Gasteiger partial charge in [0.1, 0.15) is 5.78 Å². The number of aromatic nitrogens is 2. The Labute approximate surface area is 120 Å². The van der Waals surface area contributed by atoms with Crippen LogP contribution in [-0.4, -0.2) is 15.9 Å². The number of carbonyl (C=O) groups excluding carboxylic acids is 1. The van der Waals surface area contributed by atoms with Crippen LogP contribution in [0, 0.1) is 12.8 Å². The van der Waals surface area contributed by atoms with Crippen LogP contribution in [0.25, 0.3) is 11.4 Å². The first-order chi connectivity index (χ1) is 8.97. The SMILES string of the molecule is Cc1ccc(-c2noc(CC(=O)C(C)C)n2)c(Br)c1. The Bertz CT molecular complexity index is 605. The zero-order chi connectivity index (χ0) is 14.0. The van der Waals surface area contributed by atoms with Crippen molar-refractivity contribution in [3.63, 3.8) is 0 Å². The van der Waals surface area contributed by atoms with Crippen LogP contribution in [0.15, 0.2) is 27.2 Å². The normalized spacial score (nSPS) is 11.0. The van der Waals surface area contributed by atoms with Crippen molar-refractivity contribution in [1.82, 2.24) is 10.1 Å². The Hall–Kier alpha value is -1.49. The molecule has 0 bridgehead atoms. The van der Waals surface area contributed by atoms with Gasteiger partial charge in [-0.1, -0.05) is 41.0 Å². The van der Waals surface area contributed by atoms with E-state index in [1.54, 1.807) is 0 Å². The lowest BCUT2D eigenvalue weighted by atomic mass is 10.1. The van der Waals surface area contributed by atoms with E-state index >= 15 is 0 Å². The van der Waals surface area contributed by atoms with Gasteiger partial charge < -0.3 is 4.52 Å². The van der Waals surface area contributed by atoms with E-state index in [1.807, 2.05) is 39.0 Å². The first kappa shape index (κ1) is 13.9. The summed E-state index contributed by atoms with van der Waals surface area (Å²) in [6.45, 7) is 5.73. The largest absolute Gasteiger partial charge is 0.338 e. The van der Waals surface area contributed by atoms with E-state index in [1.165, 1.54) is 0 Å². The third kappa shape index (κ3) is 3.29. The van der Waals surface area contributed by atoms with Gasteiger partial charge in [0.05, 0.1) is 6.42 Å². The van der Waals surface area contributed by atoms with Gasteiger partial charge in [-0.25, -0.2) is 0 Å². The van der Waals surface area contributed by atoms with Crippen molar-refractivity contribution in [2.75, 3.05) is 0 Å². The fourth-order valence-electron chi connectivity index (χ4n) is 1.59. The number of hydrogen-bond acceptors (Lipinski definition) is 4. The van der Waals surface area contributed by atoms with Gasteiger partial charge in [0.25, 0.3) is 0 Å². The van der Waals surface area contributed by atoms with E-state index in [2.05, 4.69) is 26.1 Å². The number of halogens is 1. The maximum absolute atomic E-state index is 11.6. The van der Waals surface area contributed by atoms with E-state index in [-0.39, 0.29) is 18.1 Å². The highest BCUT2D eigenvalue weighted by molar-refractivity contribution is 9.10. The van der Waals surface area contributed by atoms with Crippen LogP contribution in [0.1, 0.15) is 25.3 Å². The van der Waals surface area contributed by atoms with Crippen LogP contribution < -0.4 is 0 Å². The fraction of sp³-hybridized carbons (Fsp3) is 0.357. The van der Waals surface area contributed by atoms with E-state index in [0.29, 0.717) is 11.7 Å². The highest BCUT2D eigenvalue weighted by Gasteiger charge is 2.16. The van der Waals surface area contributed by atoms with E-state index in [0.717, 1.165) is 15.6 Å². The fourth-order valence-corrected chi connectivity index (χ4v) is 2.26. The monoisotopic (exact) mass is 322 g/mol. The molecule has 0 radical (unpaired) electrons. The lowest BCUT2D eigenvalue weighted by Crippen LogP contribution is -2.10. The molecule has 100 valence electrons. The van der Waals surface area contributed by atoms with Crippen molar-refractivity contribution >= 4 is 21.7 Å². The Kier molecular flexibility index (Phi) is 4.14. The highest BCUT2D eigenvalue weighted by atomic mass is 79.9. The maximum Gasteiger partial charge on any atom is 0.234 e. The number of carbonyl (C=O) groups is 1. The minimum absolute atomic E-state index is 0.0264. The van der Waals surface area contributed by atoms with Gasteiger partial charge >= 0.3 is 0 Å². The Morgan fingerprint density at radius 2 is 2.16 bits per heavy atom. The second-order valence-corrected chi connectivity index (χ2v) is 5.65. The molecule has 1 aromatic carbocycles. The molecule has 0 unspecified atom stereocenters. The summed E-state index contributed by atoms with van der Waals surface area (Å²) in [5.41, 5.74) is 2.01. The summed E-state index contributed by atoms with van der Waals surface area (Å²) in [4.78, 5) is 15.9. The average Bonchev–Trinajstić information content (AvgIpc) is 2.77. The van der Waals surface area contributed by atoms with Crippen molar-refractivity contribution in [3.8, 4) is 11.4 Å². The van der Waals surface area contributed by atoms with Gasteiger partial charge in [0.2, 0.25) is 11.7 Å². The zero-order valence-electron chi connectivity index (χ0n) is 11.1. The van der Waals surface area contributed by atoms with Crippen LogP contribution in [0.3, 0.4) is 0 Å². The minimum atomic E-state index is -0.0264. The predicted molar refractivity (Wildman–Crippen MR) is 75.7 cm³/mol. The molecule has 1 heterocycles. The summed E-state index contributed by atoms with van der Waals surface area (Å²) in [6, 6.07) is 5.90. The van der Waals surface area contributed by atoms with Crippen molar-refractivity contribution in [2.24, 2.45) is 5.92 Å². The van der Waals surface area contributed by atoms with Crippen LogP contribution in [0.4, 0.5) is 0 Å². The number of ketones is 1. The maximum atomic E-state index is 11.6. The molecule has 2 aromatic rings. The number of benzene rings is 1. The second-order valence-electron chi connectivity index (χ2n) is 4.79. The minimum Gasteiger partial charge on any atom is -0.338 e. The average molecular weight is 323 g/mol. The summed E-state index contributed by atoms with van der Waals surface area (Å²) < 4.78 is 6.03. The number of Topliss-reactive ketones (excluding diaryl/α,β-unsaturated/α-hetero) is 1. The molecule has 0 fully saturated rings. The standard InChI is InChI=1S/C14H15BrN2O2/c1-8(2)12(18)7-13-16-14(17-19-13)10-5-4-9(3)6-11(10)15/h4-6,8H,7H2,1-3H3. The molecule has 1 aromatic heterocycles. The first-order valence-corrected chi connectivity index (χ1v) is 6.88. The predicted octanol–water partition coefficient (Wildman–Crippen LogP) is 3.58. The summed E-state index contributed by atoms with van der Waals surface area (Å²) >= 11 is 3.48. The summed E-state index contributed by atoms with van der Waals surface area (Å²) in [5.74, 6) is 0.930. The molecule has 0 saturated carbocycles. The molecule has 0 aliphatic rings. The number of nitrogens with zero attached hydrogens (tertiary/aromatic N) is 2. The van der Waals surface area contributed by atoms with Crippen LogP contribution in [-0.2, 0) is 11.2 Å². The zero-order valence-corrected chi connectivity index (χ0v) is 12.7. The first-order valence-electron chi connectivity index (χ1n) is 6.09. The molecule has 0 N–H and O–H groups in total. The summed E-state index contributed by atoms with van der Waals surface area (Å²) in [6.07, 6.45) is 0.189. The smallest absolute Gasteiger partial charge is 0.234 e. The molecular weight excluding hydrogens is 308 g/mol. The third-order valence-corrected chi connectivity index (χ3v) is 3.46. The van der Waals surface area contributed by atoms with Crippen molar-refractivity contribution in [1.29, 1.82) is 0 Å².